The fourth-order valence-electron chi connectivity index (χ4n) is 2.04. The van der Waals surface area contributed by atoms with Gasteiger partial charge in [-0.15, -0.1) is 0 Å². The topological polar surface area (TPSA) is 50.7 Å². The second-order valence-electron chi connectivity index (χ2n) is 4.73. The first-order valence-electron chi connectivity index (χ1n) is 7.00. The van der Waals surface area contributed by atoms with E-state index in [-0.39, 0.29) is 11.7 Å². The molecule has 0 atom stereocenters. The van der Waals surface area contributed by atoms with Crippen molar-refractivity contribution >= 4 is 34.6 Å². The number of ether oxygens (including phenoxy) is 1. The van der Waals surface area contributed by atoms with Gasteiger partial charge in [0, 0.05) is 5.56 Å². The number of rotatable bonds is 4. The van der Waals surface area contributed by atoms with Crippen molar-refractivity contribution in [2.24, 2.45) is 4.99 Å². The smallest absolute Gasteiger partial charge is 0.387 e. The van der Waals surface area contributed by atoms with Crippen LogP contribution in [-0.2, 0) is 4.79 Å². The van der Waals surface area contributed by atoms with Crippen LogP contribution < -0.4 is 10.1 Å². The third-order valence-corrected chi connectivity index (χ3v) is 3.97. The van der Waals surface area contributed by atoms with E-state index in [1.165, 1.54) is 12.1 Å². The van der Waals surface area contributed by atoms with E-state index in [9.17, 15) is 13.6 Å². The highest BCUT2D eigenvalue weighted by atomic mass is 32.2. The normalized spacial score (nSPS) is 17.5. The van der Waals surface area contributed by atoms with Crippen molar-refractivity contribution in [2.75, 3.05) is 0 Å². The lowest BCUT2D eigenvalue weighted by Crippen LogP contribution is -2.19. The van der Waals surface area contributed by atoms with E-state index < -0.39 is 6.61 Å². The van der Waals surface area contributed by atoms with Crippen LogP contribution >= 0.6 is 11.8 Å². The number of aliphatic imine (C=N–C) groups is 1. The van der Waals surface area contributed by atoms with Crippen LogP contribution in [0.4, 0.5) is 14.5 Å². The number of hydrogen-bond donors (Lipinski definition) is 1. The second kappa shape index (κ2) is 7.27. The minimum atomic E-state index is -2.93. The van der Waals surface area contributed by atoms with Crippen molar-refractivity contribution in [3.63, 3.8) is 0 Å². The molecule has 0 saturated carbocycles. The van der Waals surface area contributed by atoms with Gasteiger partial charge in [-0.1, -0.05) is 36.4 Å². The summed E-state index contributed by atoms with van der Waals surface area (Å²) in [5.41, 5.74) is 1.11. The first-order valence-corrected chi connectivity index (χ1v) is 7.82. The van der Waals surface area contributed by atoms with Gasteiger partial charge in [-0.3, -0.25) is 4.79 Å². The molecule has 0 aromatic heterocycles. The number of nitrogens with one attached hydrogen (secondary N) is 1. The number of carbonyl (C=O) groups excluding carboxylic acids is 1. The molecule has 2 aromatic rings. The number of alkyl halides is 2. The lowest BCUT2D eigenvalue weighted by Gasteiger charge is -2.07. The lowest BCUT2D eigenvalue weighted by molar-refractivity contribution is -0.115. The van der Waals surface area contributed by atoms with Crippen LogP contribution in [0.2, 0.25) is 0 Å². The average molecular weight is 346 g/mol. The second-order valence-corrected chi connectivity index (χ2v) is 5.76. The van der Waals surface area contributed by atoms with Gasteiger partial charge in [0.05, 0.1) is 10.6 Å². The maximum absolute atomic E-state index is 12.4. The highest BCUT2D eigenvalue weighted by molar-refractivity contribution is 8.18. The molecule has 1 N–H and O–H groups in total. The van der Waals surface area contributed by atoms with E-state index >= 15 is 0 Å². The predicted molar refractivity (Wildman–Crippen MR) is 90.3 cm³/mol. The molecule has 24 heavy (non-hydrogen) atoms. The Morgan fingerprint density at radius 3 is 2.54 bits per heavy atom. The molecule has 3 rings (SSSR count). The van der Waals surface area contributed by atoms with Gasteiger partial charge in [-0.25, -0.2) is 4.99 Å². The number of halogens is 2. The maximum Gasteiger partial charge on any atom is 0.387 e. The molecule has 1 heterocycles. The average Bonchev–Trinajstić information content (AvgIpc) is 2.89. The molecule has 1 saturated heterocycles. The van der Waals surface area contributed by atoms with Crippen molar-refractivity contribution in [1.82, 2.24) is 5.32 Å². The maximum atomic E-state index is 12.4. The fourth-order valence-corrected chi connectivity index (χ4v) is 2.88. The van der Waals surface area contributed by atoms with Crippen LogP contribution in [0.3, 0.4) is 0 Å². The summed E-state index contributed by atoms with van der Waals surface area (Å²) in [6, 6.07) is 15.5. The van der Waals surface area contributed by atoms with Gasteiger partial charge < -0.3 is 10.1 Å². The van der Waals surface area contributed by atoms with Crippen LogP contribution in [0.25, 0.3) is 6.08 Å². The molecular weight excluding hydrogens is 334 g/mol. The number of amides is 1. The fraction of sp³-hybridized carbons (Fsp3) is 0.0588. The van der Waals surface area contributed by atoms with Crippen molar-refractivity contribution < 1.29 is 18.3 Å². The summed E-state index contributed by atoms with van der Waals surface area (Å²) < 4.78 is 29.4. The Bertz CT molecular complexity index is 807. The molecule has 2 aromatic carbocycles. The molecule has 7 heteroatoms. The number of nitrogens with zero attached hydrogens (tertiary/aromatic N) is 1. The van der Waals surface area contributed by atoms with Gasteiger partial charge in [0.2, 0.25) is 0 Å². The van der Waals surface area contributed by atoms with E-state index in [0.29, 0.717) is 21.3 Å². The summed E-state index contributed by atoms with van der Waals surface area (Å²) in [5.74, 6) is -0.316. The molecular formula is C17H12F2N2O2S. The zero-order valence-corrected chi connectivity index (χ0v) is 13.1. The third-order valence-electron chi connectivity index (χ3n) is 3.06. The van der Waals surface area contributed by atoms with Crippen molar-refractivity contribution in [1.29, 1.82) is 0 Å². The number of hydrogen-bond acceptors (Lipinski definition) is 4. The summed E-state index contributed by atoms with van der Waals surface area (Å²) in [7, 11) is 0. The van der Waals surface area contributed by atoms with Gasteiger partial charge in [-0.2, -0.15) is 8.78 Å². The SMILES string of the molecule is O=C1NC(=Nc2ccccc2)S/C1=C\c1ccccc1OC(F)F. The van der Waals surface area contributed by atoms with E-state index in [1.54, 1.807) is 18.2 Å². The molecule has 4 nitrogen and oxygen atoms in total. The van der Waals surface area contributed by atoms with E-state index in [0.717, 1.165) is 11.8 Å². The minimum Gasteiger partial charge on any atom is -0.434 e. The van der Waals surface area contributed by atoms with E-state index in [4.69, 9.17) is 0 Å². The van der Waals surface area contributed by atoms with Crippen LogP contribution in [-0.4, -0.2) is 17.7 Å². The molecule has 122 valence electrons. The van der Waals surface area contributed by atoms with E-state index in [2.05, 4.69) is 15.0 Å². The molecule has 0 radical (unpaired) electrons. The lowest BCUT2D eigenvalue weighted by atomic mass is 10.2. The zero-order valence-electron chi connectivity index (χ0n) is 12.3. The highest BCUT2D eigenvalue weighted by Gasteiger charge is 2.24. The largest absolute Gasteiger partial charge is 0.434 e. The van der Waals surface area contributed by atoms with Gasteiger partial charge in [-0.05, 0) is 36.0 Å². The summed E-state index contributed by atoms with van der Waals surface area (Å²) >= 11 is 1.14. The van der Waals surface area contributed by atoms with Crippen molar-refractivity contribution in [3.05, 3.63) is 65.1 Å². The Kier molecular flexibility index (Phi) is 4.90. The Morgan fingerprint density at radius 2 is 1.79 bits per heavy atom. The minimum absolute atomic E-state index is 0.0156. The molecule has 1 aliphatic heterocycles. The number of amidine groups is 1. The summed E-state index contributed by atoms with van der Waals surface area (Å²) in [5, 5.41) is 3.08. The standard InChI is InChI=1S/C17H12F2N2O2S/c18-16(19)23-13-9-5-4-6-11(13)10-14-15(22)21-17(24-14)20-12-7-2-1-3-8-12/h1-10,16H,(H,20,21,22)/b14-10-. The van der Waals surface area contributed by atoms with Crippen molar-refractivity contribution in [3.8, 4) is 5.75 Å². The molecule has 0 spiro atoms. The van der Waals surface area contributed by atoms with E-state index in [1.807, 2.05) is 30.3 Å². The van der Waals surface area contributed by atoms with Gasteiger partial charge in [0.15, 0.2) is 5.17 Å². The van der Waals surface area contributed by atoms with Crippen LogP contribution in [0.5, 0.6) is 5.75 Å². The Morgan fingerprint density at radius 1 is 1.08 bits per heavy atom. The highest BCUT2D eigenvalue weighted by Crippen LogP contribution is 2.30. The first kappa shape index (κ1) is 16.2. The van der Waals surface area contributed by atoms with Crippen molar-refractivity contribution in [2.45, 2.75) is 6.61 Å². The van der Waals surface area contributed by atoms with Crippen LogP contribution in [0.1, 0.15) is 5.56 Å². The molecule has 0 aliphatic carbocycles. The Hall–Kier alpha value is -2.67. The number of thioether (sulfide) groups is 1. The Balaban J connectivity index is 1.84. The summed E-state index contributed by atoms with van der Waals surface area (Å²) in [6.07, 6.45) is 1.51. The molecule has 0 unspecified atom stereocenters. The number of benzene rings is 2. The van der Waals surface area contributed by atoms with Gasteiger partial charge >= 0.3 is 6.61 Å². The summed E-state index contributed by atoms with van der Waals surface area (Å²) in [6.45, 7) is -2.93. The molecule has 1 amide bonds. The first-order chi connectivity index (χ1) is 11.6. The zero-order chi connectivity index (χ0) is 16.9. The van der Waals surface area contributed by atoms with Gasteiger partial charge in [0.25, 0.3) is 5.91 Å². The molecule has 0 bridgehead atoms. The summed E-state index contributed by atoms with van der Waals surface area (Å²) in [4.78, 5) is 16.7. The number of para-hydroxylation sites is 2. The quantitative estimate of drug-likeness (QED) is 0.845. The predicted octanol–water partition coefficient (Wildman–Crippen LogP) is 4.18. The van der Waals surface area contributed by atoms with Crippen LogP contribution in [0, 0.1) is 0 Å². The third kappa shape index (κ3) is 3.99. The molecule has 1 aliphatic rings. The molecule has 1 fully saturated rings. The van der Waals surface area contributed by atoms with Crippen LogP contribution in [0.15, 0.2) is 64.5 Å². The monoisotopic (exact) mass is 346 g/mol. The number of carbonyl (C=O) groups is 1. The Labute approximate surface area is 141 Å². The van der Waals surface area contributed by atoms with Gasteiger partial charge in [0.1, 0.15) is 5.75 Å².